The van der Waals surface area contributed by atoms with Crippen LogP contribution in [0.4, 0.5) is 0 Å². The van der Waals surface area contributed by atoms with Crippen molar-refractivity contribution in [2.24, 2.45) is 17.8 Å². The smallest absolute Gasteiger partial charge is 0.257 e. The first-order valence-corrected chi connectivity index (χ1v) is 12.0. The van der Waals surface area contributed by atoms with Gasteiger partial charge in [-0.05, 0) is 24.1 Å². The molecule has 0 bridgehead atoms. The fraction of sp³-hybridized carbons (Fsp3) is 0.360. The second-order valence-corrected chi connectivity index (χ2v) is 11.0. The number of aromatic hydroxyl groups is 1. The summed E-state index contributed by atoms with van der Waals surface area (Å²) < 4.78 is 0. The van der Waals surface area contributed by atoms with Crippen molar-refractivity contribution >= 4 is 57.6 Å². The molecule has 180 valence electrons. The molecule has 4 amide bonds. The Kier molecular flexibility index (Phi) is 4.54. The van der Waals surface area contributed by atoms with Gasteiger partial charge in [0.05, 0.1) is 11.8 Å². The van der Waals surface area contributed by atoms with E-state index in [4.69, 9.17) is 23.2 Å². The molecule has 0 spiro atoms. The van der Waals surface area contributed by atoms with Crippen LogP contribution in [-0.2, 0) is 19.2 Å². The Hall–Kier alpha value is -2.94. The molecule has 2 heterocycles. The first kappa shape index (κ1) is 22.5. The number of benzene rings is 2. The second-order valence-electron chi connectivity index (χ2n) is 9.71. The van der Waals surface area contributed by atoms with E-state index in [1.165, 1.54) is 7.05 Å². The Morgan fingerprint density at radius 3 is 2.43 bits per heavy atom. The highest BCUT2D eigenvalue weighted by Gasteiger charge is 2.76. The number of nitrogens with zero attached hydrogens (tertiary/aromatic N) is 2. The van der Waals surface area contributed by atoms with Crippen LogP contribution < -0.4 is 0 Å². The third-order valence-electron chi connectivity index (χ3n) is 8.23. The molecule has 2 saturated heterocycles. The maximum Gasteiger partial charge on any atom is 0.257 e. The van der Waals surface area contributed by atoms with Gasteiger partial charge >= 0.3 is 0 Å². The normalized spacial score (nSPS) is 36.4. The molecule has 0 unspecified atom stereocenters. The molecule has 10 heteroatoms. The zero-order chi connectivity index (χ0) is 25.0. The van der Waals surface area contributed by atoms with Gasteiger partial charge in [0.25, 0.3) is 23.6 Å². The number of phenols is 1. The number of hydroxylamine groups is 2. The zero-order valence-corrected chi connectivity index (χ0v) is 20.0. The molecule has 2 aliphatic heterocycles. The molecule has 2 aromatic rings. The monoisotopic (exact) mass is 514 g/mol. The van der Waals surface area contributed by atoms with E-state index in [1.807, 2.05) is 12.1 Å². The number of likely N-dealkylation sites (tertiary alicyclic amines) is 1. The summed E-state index contributed by atoms with van der Waals surface area (Å²) >= 11 is 14.1. The van der Waals surface area contributed by atoms with Crippen molar-refractivity contribution in [2.75, 3.05) is 7.05 Å². The molecule has 6 atom stereocenters. The summed E-state index contributed by atoms with van der Waals surface area (Å²) in [5.41, 5.74) is 0.850. The van der Waals surface area contributed by atoms with Crippen molar-refractivity contribution in [2.45, 2.75) is 28.5 Å². The fourth-order valence-corrected chi connectivity index (χ4v) is 7.59. The molecule has 3 fully saturated rings. The minimum atomic E-state index is -1.97. The number of hydrogen-bond donors (Lipinski definition) is 2. The summed E-state index contributed by atoms with van der Waals surface area (Å²) in [4.78, 5) is 49.3. The highest BCUT2D eigenvalue weighted by Crippen LogP contribution is 2.66. The van der Waals surface area contributed by atoms with Gasteiger partial charge in [0.1, 0.15) is 5.75 Å². The predicted octanol–water partition coefficient (Wildman–Crippen LogP) is 2.92. The Balaban J connectivity index is 1.63. The summed E-state index contributed by atoms with van der Waals surface area (Å²) in [7, 11) is 1.30. The number of carbonyl (C=O) groups excluding carboxylic acids is 4. The minimum absolute atomic E-state index is 0.108. The first-order chi connectivity index (χ1) is 16.5. The van der Waals surface area contributed by atoms with E-state index >= 15 is 0 Å². The number of phenolic OH excluding ortho intramolecular Hbond substituents is 1. The number of amides is 4. The standard InChI is InChI=1S/C25H20Cl2N2O6/c1-28-22(33)24(26)10-16-13(8-9-14-17(16)21(32)29(35)20(14)31)18(25(24,27)23(28)34)15-7-6-11-4-2-3-5-12(11)19(15)30/h2-8,14,16-18,30,35H,9-10H2,1H3/t14-,16+,17-,18+,24+,25-/m0/s1. The molecule has 1 saturated carbocycles. The van der Waals surface area contributed by atoms with Crippen LogP contribution in [0.15, 0.2) is 48.0 Å². The van der Waals surface area contributed by atoms with Gasteiger partial charge < -0.3 is 5.11 Å². The van der Waals surface area contributed by atoms with E-state index in [-0.39, 0.29) is 23.7 Å². The SMILES string of the molecule is CN1C(=O)[C@]2(Cl)C[C@@H]3C(=CC[C@@H]4C(=O)N(O)C(=O)[C@@H]43)[C@H](c3ccc4ccccc4c3O)[C@]2(Cl)C1=O. The average Bonchev–Trinajstić information content (AvgIpc) is 3.15. The van der Waals surface area contributed by atoms with E-state index in [1.54, 1.807) is 30.3 Å². The lowest BCUT2D eigenvalue weighted by atomic mass is 9.56. The average molecular weight is 515 g/mol. The quantitative estimate of drug-likeness (QED) is 0.261. The lowest BCUT2D eigenvalue weighted by Gasteiger charge is -2.50. The Bertz CT molecular complexity index is 1410. The van der Waals surface area contributed by atoms with Crippen molar-refractivity contribution in [1.82, 2.24) is 9.96 Å². The highest BCUT2D eigenvalue weighted by atomic mass is 35.5. The number of allylic oxidation sites excluding steroid dienone is 2. The summed E-state index contributed by atoms with van der Waals surface area (Å²) in [6, 6.07) is 10.6. The third-order valence-corrected chi connectivity index (χ3v) is 9.65. The van der Waals surface area contributed by atoms with Crippen LogP contribution >= 0.6 is 23.2 Å². The van der Waals surface area contributed by atoms with E-state index in [2.05, 4.69) is 0 Å². The highest BCUT2D eigenvalue weighted by molar-refractivity contribution is 6.53. The van der Waals surface area contributed by atoms with Crippen molar-refractivity contribution in [3.63, 3.8) is 0 Å². The molecule has 8 nitrogen and oxygen atoms in total. The van der Waals surface area contributed by atoms with Crippen LogP contribution in [0.2, 0.25) is 0 Å². The molecule has 0 radical (unpaired) electrons. The number of halogens is 2. The van der Waals surface area contributed by atoms with E-state index in [0.717, 1.165) is 10.3 Å². The third kappa shape index (κ3) is 2.52. The number of hydrogen-bond acceptors (Lipinski definition) is 6. The van der Waals surface area contributed by atoms with Crippen LogP contribution in [0.1, 0.15) is 24.3 Å². The van der Waals surface area contributed by atoms with Crippen LogP contribution in [0, 0.1) is 17.8 Å². The molecule has 2 aromatic carbocycles. The second kappa shape index (κ2) is 7.06. The molecule has 0 aromatic heterocycles. The topological polar surface area (TPSA) is 115 Å². The summed E-state index contributed by atoms with van der Waals surface area (Å²) in [6.45, 7) is 0. The van der Waals surface area contributed by atoms with Gasteiger partial charge in [-0.2, -0.15) is 5.06 Å². The van der Waals surface area contributed by atoms with Gasteiger partial charge in [-0.1, -0.05) is 48.0 Å². The van der Waals surface area contributed by atoms with Crippen molar-refractivity contribution in [3.8, 4) is 5.75 Å². The van der Waals surface area contributed by atoms with Gasteiger partial charge in [-0.3, -0.25) is 29.3 Å². The van der Waals surface area contributed by atoms with E-state index in [0.29, 0.717) is 16.5 Å². The molecule has 35 heavy (non-hydrogen) atoms. The summed E-state index contributed by atoms with van der Waals surface area (Å²) in [5, 5.41) is 22.8. The van der Waals surface area contributed by atoms with Crippen LogP contribution in [0.25, 0.3) is 10.8 Å². The van der Waals surface area contributed by atoms with Gasteiger partial charge in [-0.15, -0.1) is 23.2 Å². The molecule has 4 aliphatic rings. The Morgan fingerprint density at radius 2 is 1.69 bits per heavy atom. The summed E-state index contributed by atoms with van der Waals surface area (Å²) in [5.74, 6) is -6.55. The first-order valence-electron chi connectivity index (χ1n) is 11.2. The van der Waals surface area contributed by atoms with Crippen LogP contribution in [-0.4, -0.2) is 60.7 Å². The van der Waals surface area contributed by atoms with Crippen LogP contribution in [0.3, 0.4) is 0 Å². The largest absolute Gasteiger partial charge is 0.507 e. The van der Waals surface area contributed by atoms with Gasteiger partial charge in [0, 0.05) is 23.9 Å². The van der Waals surface area contributed by atoms with Crippen molar-refractivity contribution < 1.29 is 29.5 Å². The lowest BCUT2D eigenvalue weighted by molar-refractivity contribution is -0.173. The number of rotatable bonds is 1. The molecule has 2 N–H and O–H groups in total. The number of fused-ring (bicyclic) bond motifs is 5. The zero-order valence-electron chi connectivity index (χ0n) is 18.4. The van der Waals surface area contributed by atoms with E-state index < -0.39 is 57.0 Å². The van der Waals surface area contributed by atoms with Gasteiger partial charge in [0.15, 0.2) is 9.75 Å². The van der Waals surface area contributed by atoms with Gasteiger partial charge in [0.2, 0.25) is 0 Å². The Morgan fingerprint density at radius 1 is 0.971 bits per heavy atom. The van der Waals surface area contributed by atoms with Crippen molar-refractivity contribution in [1.29, 1.82) is 0 Å². The fourth-order valence-electron chi connectivity index (χ4n) is 6.58. The van der Waals surface area contributed by atoms with Gasteiger partial charge in [-0.25, -0.2) is 0 Å². The molecule has 6 rings (SSSR count). The summed E-state index contributed by atoms with van der Waals surface area (Å²) in [6.07, 6.45) is 1.72. The number of alkyl halides is 2. The number of carbonyl (C=O) groups is 4. The van der Waals surface area contributed by atoms with Crippen molar-refractivity contribution in [3.05, 3.63) is 53.6 Å². The maximum atomic E-state index is 13.5. The maximum absolute atomic E-state index is 13.5. The predicted molar refractivity (Wildman–Crippen MR) is 125 cm³/mol. The minimum Gasteiger partial charge on any atom is -0.507 e. The Labute approximate surface area is 209 Å². The molecule has 2 aliphatic carbocycles. The lowest BCUT2D eigenvalue weighted by Crippen LogP contribution is -2.60. The number of imide groups is 2. The molecular formula is C25H20Cl2N2O6. The van der Waals surface area contributed by atoms with E-state index in [9.17, 15) is 29.5 Å². The molecular weight excluding hydrogens is 495 g/mol. The van der Waals surface area contributed by atoms with Crippen LogP contribution in [0.5, 0.6) is 5.75 Å².